The average molecular weight is 344 g/mol. The Morgan fingerprint density at radius 2 is 1.62 bits per heavy atom. The van der Waals surface area contributed by atoms with Gasteiger partial charge in [0.1, 0.15) is 0 Å². The molecule has 3 N–H and O–H groups in total. The second kappa shape index (κ2) is 5.72. The van der Waals surface area contributed by atoms with E-state index in [1.807, 2.05) is 44.2 Å². The van der Waals surface area contributed by atoms with E-state index in [1.165, 1.54) is 12.1 Å². The van der Waals surface area contributed by atoms with Crippen molar-refractivity contribution in [3.8, 4) is 0 Å². The molecule has 0 radical (unpaired) electrons. The molecule has 5 nitrogen and oxygen atoms in total. The van der Waals surface area contributed by atoms with Crippen LogP contribution < -0.4 is 10.5 Å². The fourth-order valence-corrected chi connectivity index (χ4v) is 3.87. The van der Waals surface area contributed by atoms with Gasteiger partial charge >= 0.3 is 0 Å². The van der Waals surface area contributed by atoms with Crippen molar-refractivity contribution in [1.82, 2.24) is 0 Å². The van der Waals surface area contributed by atoms with Crippen molar-refractivity contribution in [3.63, 3.8) is 0 Å². The first-order valence-corrected chi connectivity index (χ1v) is 9.24. The minimum absolute atomic E-state index is 0.0216. The van der Waals surface area contributed by atoms with E-state index in [4.69, 9.17) is 5.14 Å². The fourth-order valence-electron chi connectivity index (χ4n) is 3.36. The van der Waals surface area contributed by atoms with Crippen LogP contribution in [0.2, 0.25) is 0 Å². The van der Waals surface area contributed by atoms with Gasteiger partial charge in [0.25, 0.3) is 0 Å². The molecule has 24 heavy (non-hydrogen) atoms. The first-order chi connectivity index (χ1) is 11.2. The van der Waals surface area contributed by atoms with Crippen LogP contribution in [0.3, 0.4) is 0 Å². The van der Waals surface area contributed by atoms with Gasteiger partial charge in [0, 0.05) is 11.6 Å². The Kier molecular flexibility index (Phi) is 3.97. The molecule has 0 bridgehead atoms. The van der Waals surface area contributed by atoms with Crippen LogP contribution in [0.5, 0.6) is 0 Å². The van der Waals surface area contributed by atoms with Gasteiger partial charge in [-0.2, -0.15) is 0 Å². The molecule has 0 aromatic heterocycles. The number of para-hydroxylation sites is 1. The van der Waals surface area contributed by atoms with Gasteiger partial charge in [-0.1, -0.05) is 44.2 Å². The highest BCUT2D eigenvalue weighted by atomic mass is 32.2. The number of sulfonamides is 1. The number of amides is 1. The molecule has 2 aromatic rings. The van der Waals surface area contributed by atoms with Crippen molar-refractivity contribution in [1.29, 1.82) is 0 Å². The lowest BCUT2D eigenvalue weighted by Gasteiger charge is -2.05. The van der Waals surface area contributed by atoms with Gasteiger partial charge in [0.15, 0.2) is 0 Å². The molecule has 0 spiro atoms. The highest BCUT2D eigenvalue weighted by Gasteiger charge is 2.62. The SMILES string of the molecule is CC1(C)[C@H](C(=O)Nc2ccccc2)[C@H]1c1ccc(S(N)(=O)=O)cc1. The van der Waals surface area contributed by atoms with Gasteiger partial charge in [-0.05, 0) is 35.2 Å². The third-order valence-electron chi connectivity index (χ3n) is 4.72. The molecule has 1 aliphatic carbocycles. The molecule has 0 heterocycles. The molecule has 126 valence electrons. The Hall–Kier alpha value is -2.18. The van der Waals surface area contributed by atoms with E-state index in [9.17, 15) is 13.2 Å². The summed E-state index contributed by atoms with van der Waals surface area (Å²) in [5.74, 6) is -0.125. The normalized spacial score (nSPS) is 22.0. The standard InChI is InChI=1S/C18H20N2O3S/c1-18(2)15(12-8-10-14(11-9-12)24(19,22)23)16(18)17(21)20-13-6-4-3-5-7-13/h3-11,15-16H,1-2H3,(H,20,21)(H2,19,22,23)/t15-,16+/m1/s1. The molecule has 6 heteroatoms. The van der Waals surface area contributed by atoms with E-state index in [2.05, 4.69) is 5.32 Å². The summed E-state index contributed by atoms with van der Waals surface area (Å²) >= 11 is 0. The van der Waals surface area contributed by atoms with E-state index in [0.717, 1.165) is 11.3 Å². The van der Waals surface area contributed by atoms with Crippen LogP contribution in [0, 0.1) is 11.3 Å². The van der Waals surface area contributed by atoms with Gasteiger partial charge in [-0.25, -0.2) is 13.6 Å². The van der Waals surface area contributed by atoms with Crippen molar-refractivity contribution in [2.75, 3.05) is 5.32 Å². The number of carbonyl (C=O) groups excluding carboxylic acids is 1. The monoisotopic (exact) mass is 344 g/mol. The van der Waals surface area contributed by atoms with Crippen molar-refractivity contribution in [2.45, 2.75) is 24.7 Å². The maximum atomic E-state index is 12.6. The Labute approximate surface area is 141 Å². The van der Waals surface area contributed by atoms with Gasteiger partial charge in [-0.3, -0.25) is 4.79 Å². The Bertz CT molecular complexity index is 859. The minimum Gasteiger partial charge on any atom is -0.326 e. The van der Waals surface area contributed by atoms with E-state index in [-0.39, 0.29) is 28.1 Å². The second-order valence-corrected chi connectivity index (χ2v) is 8.31. The first-order valence-electron chi connectivity index (χ1n) is 7.70. The lowest BCUT2D eigenvalue weighted by atomic mass is 10.0. The maximum absolute atomic E-state index is 12.6. The number of rotatable bonds is 4. The number of anilines is 1. The molecule has 1 saturated carbocycles. The number of nitrogens with one attached hydrogen (secondary N) is 1. The molecule has 2 aromatic carbocycles. The number of carbonyl (C=O) groups is 1. The van der Waals surface area contributed by atoms with Crippen LogP contribution in [0.25, 0.3) is 0 Å². The smallest absolute Gasteiger partial charge is 0.238 e. The number of nitrogens with two attached hydrogens (primary N) is 1. The van der Waals surface area contributed by atoms with Gasteiger partial charge in [-0.15, -0.1) is 0 Å². The van der Waals surface area contributed by atoms with Crippen LogP contribution >= 0.6 is 0 Å². The number of hydrogen-bond donors (Lipinski definition) is 2. The van der Waals surface area contributed by atoms with Gasteiger partial charge in [0.2, 0.25) is 15.9 Å². The van der Waals surface area contributed by atoms with Crippen LogP contribution in [0.4, 0.5) is 5.69 Å². The number of benzene rings is 2. The minimum atomic E-state index is -3.70. The van der Waals surface area contributed by atoms with E-state index in [1.54, 1.807) is 12.1 Å². The average Bonchev–Trinajstić information content (AvgIpc) is 3.10. The molecule has 0 aliphatic heterocycles. The molecule has 2 atom stereocenters. The second-order valence-electron chi connectivity index (χ2n) is 6.75. The summed E-state index contributed by atoms with van der Waals surface area (Å²) in [6.45, 7) is 4.08. The molecule has 1 aliphatic rings. The van der Waals surface area contributed by atoms with Gasteiger partial charge < -0.3 is 5.32 Å². The number of hydrogen-bond acceptors (Lipinski definition) is 3. The first kappa shape index (κ1) is 16.7. The maximum Gasteiger partial charge on any atom is 0.238 e. The highest BCUT2D eigenvalue weighted by molar-refractivity contribution is 7.89. The van der Waals surface area contributed by atoms with E-state index in [0.29, 0.717) is 0 Å². The zero-order valence-electron chi connectivity index (χ0n) is 13.6. The lowest BCUT2D eigenvalue weighted by Crippen LogP contribution is -2.16. The third-order valence-corrected chi connectivity index (χ3v) is 5.65. The van der Waals surface area contributed by atoms with E-state index >= 15 is 0 Å². The molecule has 0 unspecified atom stereocenters. The van der Waals surface area contributed by atoms with Gasteiger partial charge in [0.05, 0.1) is 10.8 Å². The van der Waals surface area contributed by atoms with Crippen molar-refractivity contribution < 1.29 is 13.2 Å². The summed E-state index contributed by atoms with van der Waals surface area (Å²) in [4.78, 5) is 12.7. The summed E-state index contributed by atoms with van der Waals surface area (Å²) in [7, 11) is -3.70. The summed E-state index contributed by atoms with van der Waals surface area (Å²) in [5, 5.41) is 8.06. The van der Waals surface area contributed by atoms with Crippen LogP contribution in [-0.4, -0.2) is 14.3 Å². The predicted molar refractivity (Wildman–Crippen MR) is 92.9 cm³/mol. The molecular weight excluding hydrogens is 324 g/mol. The van der Waals surface area contributed by atoms with Crippen molar-refractivity contribution in [3.05, 3.63) is 60.2 Å². The fraction of sp³-hybridized carbons (Fsp3) is 0.278. The summed E-state index contributed by atoms with van der Waals surface area (Å²) in [6.07, 6.45) is 0. The largest absolute Gasteiger partial charge is 0.326 e. The van der Waals surface area contributed by atoms with Crippen LogP contribution in [0.15, 0.2) is 59.5 Å². The van der Waals surface area contributed by atoms with Crippen LogP contribution in [-0.2, 0) is 14.8 Å². The van der Waals surface area contributed by atoms with Crippen LogP contribution in [0.1, 0.15) is 25.3 Å². The zero-order chi connectivity index (χ0) is 17.5. The summed E-state index contributed by atoms with van der Waals surface area (Å²) < 4.78 is 22.7. The Morgan fingerprint density at radius 3 is 2.17 bits per heavy atom. The lowest BCUT2D eigenvalue weighted by molar-refractivity contribution is -0.118. The quantitative estimate of drug-likeness (QED) is 0.893. The number of primary sulfonamides is 1. The summed E-state index contributed by atoms with van der Waals surface area (Å²) in [5.41, 5.74) is 1.54. The molecule has 0 saturated heterocycles. The Balaban J connectivity index is 1.78. The molecular formula is C18H20N2O3S. The van der Waals surface area contributed by atoms with Crippen molar-refractivity contribution in [2.24, 2.45) is 16.5 Å². The molecule has 1 fully saturated rings. The predicted octanol–water partition coefficient (Wildman–Crippen LogP) is 2.71. The van der Waals surface area contributed by atoms with E-state index < -0.39 is 10.0 Å². The topological polar surface area (TPSA) is 89.3 Å². The van der Waals surface area contributed by atoms with Crippen molar-refractivity contribution >= 4 is 21.6 Å². The summed E-state index contributed by atoms with van der Waals surface area (Å²) in [6, 6.07) is 15.8. The third kappa shape index (κ3) is 3.07. The highest BCUT2D eigenvalue weighted by Crippen LogP contribution is 2.64. The molecule has 1 amide bonds. The Morgan fingerprint density at radius 1 is 1.04 bits per heavy atom. The zero-order valence-corrected chi connectivity index (χ0v) is 14.4. The molecule has 3 rings (SSSR count).